The van der Waals surface area contributed by atoms with Crippen LogP contribution in [0.25, 0.3) is 11.1 Å². The second-order valence-corrected chi connectivity index (χ2v) is 9.83. The molecule has 9 heteroatoms. The first-order valence-electron chi connectivity index (χ1n) is 11.7. The van der Waals surface area contributed by atoms with E-state index in [2.05, 4.69) is 29.6 Å². The molecule has 8 nitrogen and oxygen atoms in total. The van der Waals surface area contributed by atoms with Gasteiger partial charge in [-0.1, -0.05) is 48.5 Å². The van der Waals surface area contributed by atoms with Crippen molar-refractivity contribution in [3.63, 3.8) is 0 Å². The maximum absolute atomic E-state index is 12.7. The summed E-state index contributed by atoms with van der Waals surface area (Å²) >= 11 is 1.35. The molecule has 0 radical (unpaired) electrons. The van der Waals surface area contributed by atoms with Crippen LogP contribution in [-0.4, -0.2) is 78.4 Å². The third-order valence-electron chi connectivity index (χ3n) is 6.66. The number of likely N-dealkylation sites (tertiary alicyclic amines) is 1. The third kappa shape index (κ3) is 5.16. The Bertz CT molecular complexity index is 1050. The van der Waals surface area contributed by atoms with E-state index in [0.717, 1.165) is 11.1 Å². The Balaban J connectivity index is 1.20. The Kier molecular flexibility index (Phi) is 7.97. The number of aliphatic carboxylic acids is 1. The molecule has 2 aromatic rings. The van der Waals surface area contributed by atoms with Crippen LogP contribution in [0.3, 0.4) is 0 Å². The van der Waals surface area contributed by atoms with Gasteiger partial charge in [-0.2, -0.15) is 11.8 Å². The number of hydrogen-bond donors (Lipinski definition) is 2. The molecule has 2 aliphatic rings. The fourth-order valence-electron chi connectivity index (χ4n) is 5.03. The summed E-state index contributed by atoms with van der Waals surface area (Å²) in [4.78, 5) is 38.2. The van der Waals surface area contributed by atoms with E-state index in [-0.39, 0.29) is 30.8 Å². The number of carbonyl (C=O) groups is 3. The van der Waals surface area contributed by atoms with Crippen LogP contribution in [0.15, 0.2) is 48.5 Å². The molecule has 1 heterocycles. The molecule has 0 aromatic heterocycles. The zero-order chi connectivity index (χ0) is 24.8. The molecule has 0 bridgehead atoms. The van der Waals surface area contributed by atoms with Gasteiger partial charge in [-0.15, -0.1) is 0 Å². The van der Waals surface area contributed by atoms with Crippen molar-refractivity contribution in [1.29, 1.82) is 0 Å². The highest BCUT2D eigenvalue weighted by Crippen LogP contribution is 2.44. The summed E-state index contributed by atoms with van der Waals surface area (Å²) in [5, 5.41) is 12.4. The highest BCUT2D eigenvalue weighted by atomic mass is 32.2. The lowest BCUT2D eigenvalue weighted by atomic mass is 9.97. The van der Waals surface area contributed by atoms with Crippen LogP contribution in [0, 0.1) is 0 Å². The molecule has 1 unspecified atom stereocenters. The number of thioether (sulfide) groups is 1. The van der Waals surface area contributed by atoms with E-state index in [1.165, 1.54) is 34.9 Å². The average Bonchev–Trinajstić information content (AvgIpc) is 3.43. The highest BCUT2D eigenvalue weighted by molar-refractivity contribution is 7.99. The minimum absolute atomic E-state index is 0.00205. The Morgan fingerprint density at radius 1 is 1.11 bits per heavy atom. The van der Waals surface area contributed by atoms with Crippen molar-refractivity contribution in [3.8, 4) is 11.1 Å². The van der Waals surface area contributed by atoms with Crippen molar-refractivity contribution in [2.24, 2.45) is 0 Å². The lowest BCUT2D eigenvalue weighted by Gasteiger charge is -2.34. The highest BCUT2D eigenvalue weighted by Gasteiger charge is 2.49. The van der Waals surface area contributed by atoms with Crippen LogP contribution in [0.4, 0.5) is 4.79 Å². The number of nitrogens with one attached hydrogen (secondary N) is 1. The van der Waals surface area contributed by atoms with Gasteiger partial charge in [0.25, 0.3) is 0 Å². The third-order valence-corrected chi connectivity index (χ3v) is 7.60. The van der Waals surface area contributed by atoms with Gasteiger partial charge in [0.2, 0.25) is 5.91 Å². The predicted octanol–water partition coefficient (Wildman–Crippen LogP) is 3.35. The summed E-state index contributed by atoms with van der Waals surface area (Å²) < 4.78 is 10.6. The van der Waals surface area contributed by atoms with Crippen molar-refractivity contribution in [3.05, 3.63) is 59.7 Å². The number of carbonyl (C=O) groups excluding carboxylic acids is 2. The van der Waals surface area contributed by atoms with E-state index in [0.29, 0.717) is 31.7 Å². The number of alkyl carbamates (subject to hydrolysis) is 1. The zero-order valence-corrected chi connectivity index (χ0v) is 20.5. The molecule has 186 valence electrons. The number of rotatable bonds is 10. The van der Waals surface area contributed by atoms with Crippen LogP contribution < -0.4 is 5.32 Å². The van der Waals surface area contributed by atoms with Crippen molar-refractivity contribution in [2.75, 3.05) is 44.9 Å². The van der Waals surface area contributed by atoms with Crippen LogP contribution in [0.1, 0.15) is 29.9 Å². The second-order valence-electron chi connectivity index (χ2n) is 8.72. The van der Waals surface area contributed by atoms with Crippen molar-refractivity contribution in [1.82, 2.24) is 10.2 Å². The maximum atomic E-state index is 12.7. The van der Waals surface area contributed by atoms with Crippen LogP contribution in [-0.2, 0) is 19.1 Å². The van der Waals surface area contributed by atoms with E-state index in [4.69, 9.17) is 9.47 Å². The Labute approximate surface area is 209 Å². The van der Waals surface area contributed by atoms with E-state index in [9.17, 15) is 19.5 Å². The number of hydrogen-bond acceptors (Lipinski definition) is 6. The van der Waals surface area contributed by atoms with Crippen molar-refractivity contribution >= 4 is 29.7 Å². The van der Waals surface area contributed by atoms with E-state index in [1.54, 1.807) is 0 Å². The molecular weight excluding hydrogens is 468 g/mol. The minimum atomic E-state index is -1.29. The van der Waals surface area contributed by atoms with Gasteiger partial charge in [0, 0.05) is 31.9 Å². The molecule has 4 rings (SSSR count). The van der Waals surface area contributed by atoms with Crippen LogP contribution in [0.5, 0.6) is 0 Å². The average molecular weight is 499 g/mol. The Morgan fingerprint density at radius 3 is 2.40 bits per heavy atom. The number of benzene rings is 2. The standard InChI is InChI=1S/C26H30N2O6S/c1-33-17-26(24(30)31)11-6-13-28(26)23(29)16-35-14-12-27-25(32)34-15-22-20-9-4-2-7-18(20)19-8-3-5-10-21(19)22/h2-5,7-10,22H,6,11-17H2,1H3,(H,27,32)(H,30,31). The van der Waals surface area contributed by atoms with Crippen molar-refractivity contribution < 1.29 is 29.0 Å². The number of ether oxygens (including phenoxy) is 2. The normalized spacial score (nSPS) is 18.7. The number of carboxylic acid groups (broad SMARTS) is 1. The summed E-state index contributed by atoms with van der Waals surface area (Å²) in [5.41, 5.74) is 3.38. The van der Waals surface area contributed by atoms with Gasteiger partial charge < -0.3 is 24.8 Å². The van der Waals surface area contributed by atoms with E-state index in [1.807, 2.05) is 24.3 Å². The molecule has 2 amide bonds. The molecule has 2 aromatic carbocycles. The lowest BCUT2D eigenvalue weighted by molar-refractivity contribution is -0.159. The number of nitrogens with zero attached hydrogens (tertiary/aromatic N) is 1. The lowest BCUT2D eigenvalue weighted by Crippen LogP contribution is -2.56. The van der Waals surface area contributed by atoms with Gasteiger partial charge in [0.15, 0.2) is 5.54 Å². The number of fused-ring (bicyclic) bond motifs is 3. The first kappa shape index (κ1) is 25.1. The largest absolute Gasteiger partial charge is 0.479 e. The SMILES string of the molecule is COCC1(C(=O)O)CCCN1C(=O)CSCCNC(=O)OCC1c2ccccc2-c2ccccc21. The summed E-state index contributed by atoms with van der Waals surface area (Å²) in [6, 6.07) is 16.3. The summed E-state index contributed by atoms with van der Waals surface area (Å²) in [6.07, 6.45) is 0.522. The fraction of sp³-hybridized carbons (Fsp3) is 0.423. The monoisotopic (exact) mass is 498 g/mol. The molecule has 0 spiro atoms. The first-order chi connectivity index (χ1) is 17.0. The smallest absolute Gasteiger partial charge is 0.407 e. The van der Waals surface area contributed by atoms with Crippen LogP contribution in [0.2, 0.25) is 0 Å². The van der Waals surface area contributed by atoms with Gasteiger partial charge in [-0.05, 0) is 35.1 Å². The molecule has 35 heavy (non-hydrogen) atoms. The van der Waals surface area contributed by atoms with Gasteiger partial charge in [0.1, 0.15) is 6.61 Å². The number of amides is 2. The molecular formula is C26H30N2O6S. The summed E-state index contributed by atoms with van der Waals surface area (Å²) in [5.74, 6) is -0.610. The Morgan fingerprint density at radius 2 is 1.77 bits per heavy atom. The van der Waals surface area contributed by atoms with E-state index >= 15 is 0 Å². The quantitative estimate of drug-likeness (QED) is 0.484. The summed E-state index contributed by atoms with van der Waals surface area (Å²) in [6.45, 7) is 0.975. The summed E-state index contributed by atoms with van der Waals surface area (Å²) in [7, 11) is 1.44. The number of carboxylic acids is 1. The maximum Gasteiger partial charge on any atom is 0.407 e. The fourth-order valence-corrected chi connectivity index (χ4v) is 5.75. The topological polar surface area (TPSA) is 105 Å². The molecule has 2 N–H and O–H groups in total. The van der Waals surface area contributed by atoms with Gasteiger partial charge in [-0.3, -0.25) is 4.79 Å². The molecule has 1 atom stereocenters. The van der Waals surface area contributed by atoms with Gasteiger partial charge in [0.05, 0.1) is 12.4 Å². The zero-order valence-electron chi connectivity index (χ0n) is 19.7. The number of methoxy groups -OCH3 is 1. The van der Waals surface area contributed by atoms with Crippen LogP contribution >= 0.6 is 11.8 Å². The molecule has 1 fully saturated rings. The predicted molar refractivity (Wildman–Crippen MR) is 134 cm³/mol. The van der Waals surface area contributed by atoms with Crippen molar-refractivity contribution in [2.45, 2.75) is 24.3 Å². The second kappa shape index (κ2) is 11.1. The Hall–Kier alpha value is -3.04. The van der Waals surface area contributed by atoms with Gasteiger partial charge >= 0.3 is 12.1 Å². The molecule has 1 aliphatic heterocycles. The van der Waals surface area contributed by atoms with Gasteiger partial charge in [-0.25, -0.2) is 9.59 Å². The minimum Gasteiger partial charge on any atom is -0.479 e. The van der Waals surface area contributed by atoms with E-state index < -0.39 is 17.6 Å². The molecule has 1 saturated heterocycles. The first-order valence-corrected chi connectivity index (χ1v) is 12.8. The molecule has 0 saturated carbocycles. The molecule has 1 aliphatic carbocycles.